The zero-order chi connectivity index (χ0) is 18.5. The van der Waals surface area contributed by atoms with Crippen molar-refractivity contribution in [2.75, 3.05) is 19.6 Å². The quantitative estimate of drug-likeness (QED) is 0.818. The maximum Gasteiger partial charge on any atom is 0.251 e. The number of likely N-dealkylation sites (tertiary alicyclic amines) is 1. The molecule has 1 aromatic heterocycles. The molecule has 1 amide bonds. The molecule has 0 radical (unpaired) electrons. The first-order valence-corrected chi connectivity index (χ1v) is 9.92. The highest BCUT2D eigenvalue weighted by atomic mass is 16.5. The number of nitrogens with one attached hydrogen (secondary N) is 1. The fourth-order valence-corrected chi connectivity index (χ4v) is 3.84. The van der Waals surface area contributed by atoms with E-state index in [2.05, 4.69) is 39.5 Å². The fourth-order valence-electron chi connectivity index (χ4n) is 3.84. The SMILES string of the molecule is O=C(NCC1CC(Oc2ccc(CN3CCCC3)cc2)C1)c1ccncc1. The Hall–Kier alpha value is -2.40. The number of ether oxygens (including phenoxy) is 1. The van der Waals surface area contributed by atoms with Crippen molar-refractivity contribution in [3.05, 3.63) is 59.9 Å². The molecule has 2 aliphatic rings. The van der Waals surface area contributed by atoms with Gasteiger partial charge in [-0.15, -0.1) is 0 Å². The Balaban J connectivity index is 1.16. The van der Waals surface area contributed by atoms with Gasteiger partial charge in [-0.25, -0.2) is 0 Å². The van der Waals surface area contributed by atoms with Crippen LogP contribution < -0.4 is 10.1 Å². The van der Waals surface area contributed by atoms with E-state index < -0.39 is 0 Å². The third-order valence-electron chi connectivity index (χ3n) is 5.52. The Kier molecular flexibility index (Phi) is 5.68. The molecular formula is C22H27N3O2. The molecule has 5 nitrogen and oxygen atoms in total. The minimum atomic E-state index is -0.0321. The summed E-state index contributed by atoms with van der Waals surface area (Å²) in [5.41, 5.74) is 2.01. The van der Waals surface area contributed by atoms with Gasteiger partial charge in [-0.05, 0) is 74.5 Å². The van der Waals surface area contributed by atoms with Crippen molar-refractivity contribution in [2.45, 2.75) is 38.3 Å². The molecule has 1 aliphatic carbocycles. The Morgan fingerprint density at radius 2 is 1.78 bits per heavy atom. The van der Waals surface area contributed by atoms with Crippen LogP contribution in [-0.4, -0.2) is 41.5 Å². The summed E-state index contributed by atoms with van der Waals surface area (Å²) in [6, 6.07) is 12.0. The molecule has 1 aliphatic heterocycles. The van der Waals surface area contributed by atoms with Crippen LogP contribution in [0.3, 0.4) is 0 Å². The van der Waals surface area contributed by atoms with Crippen LogP contribution in [0, 0.1) is 5.92 Å². The molecule has 2 heterocycles. The number of hydrogen-bond acceptors (Lipinski definition) is 4. The summed E-state index contributed by atoms with van der Waals surface area (Å²) >= 11 is 0. The number of nitrogens with zero attached hydrogens (tertiary/aromatic N) is 2. The Labute approximate surface area is 160 Å². The van der Waals surface area contributed by atoms with E-state index in [0.717, 1.165) is 25.1 Å². The lowest BCUT2D eigenvalue weighted by Gasteiger charge is -2.35. The predicted octanol–water partition coefficient (Wildman–Crippen LogP) is 3.26. The third kappa shape index (κ3) is 4.86. The van der Waals surface area contributed by atoms with Gasteiger partial charge in [-0.1, -0.05) is 12.1 Å². The summed E-state index contributed by atoms with van der Waals surface area (Å²) in [5, 5.41) is 3.00. The second-order valence-electron chi connectivity index (χ2n) is 7.65. The van der Waals surface area contributed by atoms with Gasteiger partial charge in [0.25, 0.3) is 5.91 Å². The summed E-state index contributed by atoms with van der Waals surface area (Å²) < 4.78 is 6.06. The second-order valence-corrected chi connectivity index (χ2v) is 7.65. The fraction of sp³-hybridized carbons (Fsp3) is 0.455. The monoisotopic (exact) mass is 365 g/mol. The maximum absolute atomic E-state index is 12.0. The Morgan fingerprint density at radius 1 is 1.07 bits per heavy atom. The molecule has 2 fully saturated rings. The van der Waals surface area contributed by atoms with Crippen molar-refractivity contribution in [1.29, 1.82) is 0 Å². The second kappa shape index (κ2) is 8.53. The summed E-state index contributed by atoms with van der Waals surface area (Å²) in [7, 11) is 0. The van der Waals surface area contributed by atoms with Crippen molar-refractivity contribution in [3.63, 3.8) is 0 Å². The van der Waals surface area contributed by atoms with E-state index in [0.29, 0.717) is 18.0 Å². The van der Waals surface area contributed by atoms with E-state index in [1.54, 1.807) is 24.5 Å². The molecule has 1 saturated heterocycles. The number of pyridine rings is 1. The number of aromatic nitrogens is 1. The lowest BCUT2D eigenvalue weighted by molar-refractivity contribution is 0.0617. The first-order valence-electron chi connectivity index (χ1n) is 9.92. The van der Waals surface area contributed by atoms with Gasteiger partial charge in [-0.3, -0.25) is 14.7 Å². The van der Waals surface area contributed by atoms with E-state index in [-0.39, 0.29) is 12.0 Å². The summed E-state index contributed by atoms with van der Waals surface area (Å²) in [6.07, 6.45) is 8.17. The number of carbonyl (C=O) groups excluding carboxylic acids is 1. The highest BCUT2D eigenvalue weighted by molar-refractivity contribution is 5.93. The van der Waals surface area contributed by atoms with Gasteiger partial charge in [0.2, 0.25) is 0 Å². The molecule has 0 unspecified atom stereocenters. The van der Waals surface area contributed by atoms with Gasteiger partial charge in [-0.2, -0.15) is 0 Å². The lowest BCUT2D eigenvalue weighted by atomic mass is 9.82. The molecule has 27 heavy (non-hydrogen) atoms. The smallest absolute Gasteiger partial charge is 0.251 e. The number of hydrogen-bond donors (Lipinski definition) is 1. The molecule has 0 spiro atoms. The number of carbonyl (C=O) groups is 1. The molecular weight excluding hydrogens is 338 g/mol. The van der Waals surface area contributed by atoms with Crippen molar-refractivity contribution in [2.24, 2.45) is 5.92 Å². The van der Waals surface area contributed by atoms with Crippen LogP contribution in [0.5, 0.6) is 5.75 Å². The standard InChI is InChI=1S/C22H27N3O2/c26-22(19-7-9-23-10-8-19)24-15-18-13-21(14-18)27-20-5-3-17(4-6-20)16-25-11-1-2-12-25/h3-10,18,21H,1-2,11-16H2,(H,24,26). The van der Waals surface area contributed by atoms with Crippen LogP contribution >= 0.6 is 0 Å². The maximum atomic E-state index is 12.0. The van der Waals surface area contributed by atoms with Gasteiger partial charge in [0, 0.05) is 31.0 Å². The van der Waals surface area contributed by atoms with Crippen LogP contribution in [0.4, 0.5) is 0 Å². The molecule has 5 heteroatoms. The first-order chi connectivity index (χ1) is 13.3. The molecule has 4 rings (SSSR count). The average molecular weight is 365 g/mol. The number of benzene rings is 1. The van der Waals surface area contributed by atoms with Crippen molar-refractivity contribution in [1.82, 2.24) is 15.2 Å². The van der Waals surface area contributed by atoms with Crippen LogP contribution in [0.1, 0.15) is 41.6 Å². The van der Waals surface area contributed by atoms with Crippen LogP contribution in [0.25, 0.3) is 0 Å². The Bertz CT molecular complexity index is 736. The average Bonchev–Trinajstić information content (AvgIpc) is 3.18. The molecule has 1 saturated carbocycles. The topological polar surface area (TPSA) is 54.5 Å². The number of amides is 1. The van der Waals surface area contributed by atoms with Gasteiger partial charge in [0.05, 0.1) is 6.10 Å². The van der Waals surface area contributed by atoms with Crippen LogP contribution in [-0.2, 0) is 6.54 Å². The molecule has 142 valence electrons. The summed E-state index contributed by atoms with van der Waals surface area (Å²) in [6.45, 7) is 4.19. The molecule has 0 bridgehead atoms. The zero-order valence-corrected chi connectivity index (χ0v) is 15.6. The van der Waals surface area contributed by atoms with E-state index in [4.69, 9.17) is 4.74 Å². The molecule has 1 N–H and O–H groups in total. The largest absolute Gasteiger partial charge is 0.490 e. The van der Waals surface area contributed by atoms with E-state index in [1.165, 1.54) is 31.5 Å². The first kappa shape index (κ1) is 18.0. The highest BCUT2D eigenvalue weighted by Crippen LogP contribution is 2.31. The third-order valence-corrected chi connectivity index (χ3v) is 5.52. The van der Waals surface area contributed by atoms with Gasteiger partial charge >= 0.3 is 0 Å². The predicted molar refractivity (Wildman–Crippen MR) is 105 cm³/mol. The van der Waals surface area contributed by atoms with Gasteiger partial charge in [0.15, 0.2) is 0 Å². The van der Waals surface area contributed by atoms with Crippen LogP contribution in [0.2, 0.25) is 0 Å². The van der Waals surface area contributed by atoms with E-state index in [9.17, 15) is 4.79 Å². The highest BCUT2D eigenvalue weighted by Gasteiger charge is 2.31. The minimum absolute atomic E-state index is 0.0321. The zero-order valence-electron chi connectivity index (χ0n) is 15.6. The van der Waals surface area contributed by atoms with Crippen LogP contribution in [0.15, 0.2) is 48.8 Å². The van der Waals surface area contributed by atoms with Crippen molar-refractivity contribution < 1.29 is 9.53 Å². The van der Waals surface area contributed by atoms with E-state index in [1.807, 2.05) is 0 Å². The Morgan fingerprint density at radius 3 is 2.48 bits per heavy atom. The molecule has 2 aromatic rings. The van der Waals surface area contributed by atoms with E-state index >= 15 is 0 Å². The number of rotatable bonds is 7. The van der Waals surface area contributed by atoms with Crippen molar-refractivity contribution in [3.8, 4) is 5.75 Å². The van der Waals surface area contributed by atoms with Gasteiger partial charge in [0.1, 0.15) is 5.75 Å². The molecule has 0 atom stereocenters. The normalized spacial score (nSPS) is 22.2. The molecule has 1 aromatic carbocycles. The minimum Gasteiger partial charge on any atom is -0.490 e. The summed E-state index contributed by atoms with van der Waals surface area (Å²) in [4.78, 5) is 18.5. The lowest BCUT2D eigenvalue weighted by Crippen LogP contribution is -2.41. The van der Waals surface area contributed by atoms with Gasteiger partial charge < -0.3 is 10.1 Å². The summed E-state index contributed by atoms with van der Waals surface area (Å²) in [5.74, 6) is 1.41. The van der Waals surface area contributed by atoms with Crippen molar-refractivity contribution >= 4 is 5.91 Å².